The van der Waals surface area contributed by atoms with Gasteiger partial charge in [0, 0.05) is 29.9 Å². The van der Waals surface area contributed by atoms with Crippen LogP contribution in [0.3, 0.4) is 0 Å². The molecule has 3 rings (SSSR count). The van der Waals surface area contributed by atoms with Gasteiger partial charge in [-0.25, -0.2) is 8.42 Å². The Kier molecular flexibility index (Phi) is 3.73. The lowest BCUT2D eigenvalue weighted by Crippen LogP contribution is -2.18. The molecule has 2 heterocycles. The van der Waals surface area contributed by atoms with Crippen molar-refractivity contribution in [2.75, 3.05) is 4.72 Å². The van der Waals surface area contributed by atoms with E-state index in [1.807, 2.05) is 5.38 Å². The maximum Gasteiger partial charge on any atom is 0.263 e. The van der Waals surface area contributed by atoms with Crippen LogP contribution in [0.15, 0.2) is 40.9 Å². The molecule has 1 aliphatic rings. The Morgan fingerprint density at radius 3 is 2.70 bits per heavy atom. The summed E-state index contributed by atoms with van der Waals surface area (Å²) < 4.78 is 27.4. The number of sulfonamides is 1. The van der Waals surface area contributed by atoms with Crippen molar-refractivity contribution in [2.24, 2.45) is 0 Å². The Labute approximate surface area is 122 Å². The van der Waals surface area contributed by atoms with Gasteiger partial charge < -0.3 is 5.32 Å². The van der Waals surface area contributed by atoms with Gasteiger partial charge in [0.2, 0.25) is 0 Å². The largest absolute Gasteiger partial charge is 0.309 e. The summed E-state index contributed by atoms with van der Waals surface area (Å²) in [5, 5.41) is 5.15. The van der Waals surface area contributed by atoms with Crippen molar-refractivity contribution in [2.45, 2.75) is 30.3 Å². The van der Waals surface area contributed by atoms with Crippen LogP contribution in [0.4, 0.5) is 5.69 Å². The van der Waals surface area contributed by atoms with Crippen LogP contribution in [0.5, 0.6) is 0 Å². The SMILES string of the molecule is O=S(=O)(Nc1ccncc1)c1ccsc1CNC1CC1. The zero-order valence-electron chi connectivity index (χ0n) is 10.7. The summed E-state index contributed by atoms with van der Waals surface area (Å²) >= 11 is 1.46. The number of pyridine rings is 1. The molecule has 0 aromatic carbocycles. The second-order valence-electron chi connectivity index (χ2n) is 4.70. The topological polar surface area (TPSA) is 71.1 Å². The number of nitrogens with one attached hydrogen (secondary N) is 2. The first-order chi connectivity index (χ1) is 9.65. The number of anilines is 1. The minimum absolute atomic E-state index is 0.354. The van der Waals surface area contributed by atoms with E-state index in [-0.39, 0.29) is 0 Å². The van der Waals surface area contributed by atoms with Crippen molar-refractivity contribution in [3.8, 4) is 0 Å². The lowest BCUT2D eigenvalue weighted by Gasteiger charge is -2.09. The van der Waals surface area contributed by atoms with Crippen molar-refractivity contribution < 1.29 is 8.42 Å². The van der Waals surface area contributed by atoms with Crippen molar-refractivity contribution in [1.29, 1.82) is 0 Å². The summed E-state index contributed by atoms with van der Waals surface area (Å²) in [5.41, 5.74) is 0.521. The summed E-state index contributed by atoms with van der Waals surface area (Å²) in [6.07, 6.45) is 5.48. The van der Waals surface area contributed by atoms with Crippen LogP contribution < -0.4 is 10.0 Å². The van der Waals surface area contributed by atoms with E-state index in [2.05, 4.69) is 15.0 Å². The Balaban J connectivity index is 1.78. The summed E-state index contributed by atoms with van der Waals surface area (Å²) in [5.74, 6) is 0. The van der Waals surface area contributed by atoms with E-state index in [9.17, 15) is 8.42 Å². The molecule has 0 bridgehead atoms. The first kappa shape index (κ1) is 13.5. The van der Waals surface area contributed by atoms with Gasteiger partial charge in [0.15, 0.2) is 0 Å². The molecular weight excluding hydrogens is 294 g/mol. The van der Waals surface area contributed by atoms with Gasteiger partial charge in [-0.2, -0.15) is 0 Å². The Hall–Kier alpha value is -1.44. The highest BCUT2D eigenvalue weighted by molar-refractivity contribution is 7.93. The molecule has 2 N–H and O–H groups in total. The predicted octanol–water partition coefficient (Wildman–Crippen LogP) is 2.20. The van der Waals surface area contributed by atoms with E-state index in [0.29, 0.717) is 23.2 Å². The molecule has 1 saturated carbocycles. The first-order valence-electron chi connectivity index (χ1n) is 6.38. The summed E-state index contributed by atoms with van der Waals surface area (Å²) in [7, 11) is -3.54. The van der Waals surface area contributed by atoms with Gasteiger partial charge in [-0.1, -0.05) is 0 Å². The minimum Gasteiger partial charge on any atom is -0.309 e. The molecule has 7 heteroatoms. The smallest absolute Gasteiger partial charge is 0.263 e. The van der Waals surface area contributed by atoms with Gasteiger partial charge in [-0.15, -0.1) is 11.3 Å². The van der Waals surface area contributed by atoms with Crippen LogP contribution in [0.1, 0.15) is 17.7 Å². The molecular formula is C13H15N3O2S2. The molecule has 0 spiro atoms. The van der Waals surface area contributed by atoms with Crippen LogP contribution in [-0.2, 0) is 16.6 Å². The fourth-order valence-corrected chi connectivity index (χ4v) is 4.31. The predicted molar refractivity (Wildman–Crippen MR) is 79.2 cm³/mol. The lowest BCUT2D eigenvalue weighted by molar-refractivity contribution is 0.599. The van der Waals surface area contributed by atoms with Crippen molar-refractivity contribution >= 4 is 27.0 Å². The number of hydrogen-bond acceptors (Lipinski definition) is 5. The summed E-state index contributed by atoms with van der Waals surface area (Å²) in [6.45, 7) is 0.606. The zero-order valence-corrected chi connectivity index (χ0v) is 12.4. The average Bonchev–Trinajstić information content (AvgIpc) is 3.13. The molecule has 0 radical (unpaired) electrons. The molecule has 2 aromatic heterocycles. The highest BCUT2D eigenvalue weighted by Gasteiger charge is 2.23. The van der Waals surface area contributed by atoms with Gasteiger partial charge in [-0.05, 0) is 36.4 Å². The van der Waals surface area contributed by atoms with Gasteiger partial charge in [-0.3, -0.25) is 9.71 Å². The Bertz CT molecular complexity index is 679. The molecule has 0 aliphatic heterocycles. The first-order valence-corrected chi connectivity index (χ1v) is 8.74. The van der Waals surface area contributed by atoms with Crippen molar-refractivity contribution in [3.05, 3.63) is 40.8 Å². The van der Waals surface area contributed by atoms with Crippen LogP contribution in [-0.4, -0.2) is 19.4 Å². The highest BCUT2D eigenvalue weighted by atomic mass is 32.2. The molecule has 0 unspecified atom stereocenters. The van der Waals surface area contributed by atoms with E-state index in [1.54, 1.807) is 30.6 Å². The van der Waals surface area contributed by atoms with Crippen LogP contribution in [0.2, 0.25) is 0 Å². The minimum atomic E-state index is -3.54. The number of aromatic nitrogens is 1. The maximum atomic E-state index is 12.4. The van der Waals surface area contributed by atoms with Gasteiger partial charge in [0.25, 0.3) is 10.0 Å². The average molecular weight is 309 g/mol. The molecule has 5 nitrogen and oxygen atoms in total. The number of rotatable bonds is 6. The van der Waals surface area contributed by atoms with Crippen molar-refractivity contribution in [3.63, 3.8) is 0 Å². The van der Waals surface area contributed by atoms with Crippen LogP contribution in [0, 0.1) is 0 Å². The summed E-state index contributed by atoms with van der Waals surface area (Å²) in [4.78, 5) is 5.07. The molecule has 20 heavy (non-hydrogen) atoms. The molecule has 1 aliphatic carbocycles. The van der Waals surface area contributed by atoms with Gasteiger partial charge in [0.1, 0.15) is 4.90 Å². The van der Waals surface area contributed by atoms with E-state index in [4.69, 9.17) is 0 Å². The van der Waals surface area contributed by atoms with Crippen LogP contribution in [0.25, 0.3) is 0 Å². The van der Waals surface area contributed by atoms with Gasteiger partial charge in [0.05, 0.1) is 5.69 Å². The third-order valence-corrected chi connectivity index (χ3v) is 5.57. The van der Waals surface area contributed by atoms with E-state index >= 15 is 0 Å². The Morgan fingerprint density at radius 2 is 2.00 bits per heavy atom. The fraction of sp³-hybridized carbons (Fsp3) is 0.308. The fourth-order valence-electron chi connectivity index (χ4n) is 1.85. The maximum absolute atomic E-state index is 12.4. The second kappa shape index (κ2) is 5.51. The monoisotopic (exact) mass is 309 g/mol. The lowest BCUT2D eigenvalue weighted by atomic mass is 10.4. The van der Waals surface area contributed by atoms with Crippen LogP contribution >= 0.6 is 11.3 Å². The highest BCUT2D eigenvalue weighted by Crippen LogP contribution is 2.26. The molecule has 2 aromatic rings. The normalized spacial score (nSPS) is 15.2. The third-order valence-electron chi connectivity index (χ3n) is 3.06. The second-order valence-corrected chi connectivity index (χ2v) is 7.36. The molecule has 0 atom stereocenters. The Morgan fingerprint density at radius 1 is 1.25 bits per heavy atom. The standard InChI is InChI=1S/C13H15N3O2S2/c17-20(18,16-11-3-6-14-7-4-11)13-5-8-19-12(13)9-15-10-1-2-10/h3-8,10,15H,1-2,9H2,(H,14,16). The molecule has 1 fully saturated rings. The number of hydrogen-bond donors (Lipinski definition) is 2. The summed E-state index contributed by atoms with van der Waals surface area (Å²) in [6, 6.07) is 5.47. The van der Waals surface area contributed by atoms with Crippen molar-refractivity contribution in [1.82, 2.24) is 10.3 Å². The quantitative estimate of drug-likeness (QED) is 0.858. The zero-order chi connectivity index (χ0) is 14.0. The van der Waals surface area contributed by atoms with E-state index in [0.717, 1.165) is 4.88 Å². The molecule has 0 saturated heterocycles. The van der Waals surface area contributed by atoms with E-state index < -0.39 is 10.0 Å². The van der Waals surface area contributed by atoms with E-state index in [1.165, 1.54) is 24.2 Å². The third kappa shape index (κ3) is 3.17. The molecule has 106 valence electrons. The number of thiophene rings is 1. The molecule has 0 amide bonds. The van der Waals surface area contributed by atoms with Gasteiger partial charge >= 0.3 is 0 Å². The number of nitrogens with zero attached hydrogens (tertiary/aromatic N) is 1.